The van der Waals surface area contributed by atoms with Crippen LogP contribution in [0.1, 0.15) is 40.0 Å². The largest absolute Gasteiger partial charge is 0.480 e. The molecule has 1 aliphatic rings. The number of rotatable bonds is 6. The van der Waals surface area contributed by atoms with Gasteiger partial charge in [-0.05, 0) is 45.1 Å². The fraction of sp³-hybridized carbons (Fsp3) is 0.917. The number of carboxylic acids is 1. The van der Waals surface area contributed by atoms with Crippen LogP contribution in [-0.2, 0) is 4.79 Å². The Hall–Kier alpha value is -0.570. The van der Waals surface area contributed by atoms with Gasteiger partial charge in [0.25, 0.3) is 0 Å². The normalized spacial score (nSPS) is 20.7. The van der Waals surface area contributed by atoms with Gasteiger partial charge in [-0.2, -0.15) is 0 Å². The van der Waals surface area contributed by atoms with Crippen molar-refractivity contribution < 1.29 is 9.90 Å². The Kier molecular flexibility index (Phi) is 3.77. The molecule has 15 heavy (non-hydrogen) atoms. The van der Waals surface area contributed by atoms with Crippen molar-refractivity contribution in [1.29, 1.82) is 0 Å². The highest BCUT2D eigenvalue weighted by molar-refractivity contribution is 5.78. The molecule has 0 aromatic rings. The molecule has 0 aromatic carbocycles. The Bertz CT molecular complexity index is 236. The van der Waals surface area contributed by atoms with E-state index in [1.807, 2.05) is 18.9 Å². The van der Waals surface area contributed by atoms with Gasteiger partial charge in [-0.3, -0.25) is 9.69 Å². The number of carboxylic acid groups (broad SMARTS) is 1. The second-order valence-corrected chi connectivity index (χ2v) is 5.50. The lowest BCUT2D eigenvalue weighted by molar-refractivity contribution is -0.151. The molecule has 0 spiro atoms. The highest BCUT2D eigenvalue weighted by atomic mass is 16.4. The molecule has 1 N–H and O–H groups in total. The molecular formula is C12H23NO2. The van der Waals surface area contributed by atoms with E-state index in [4.69, 9.17) is 0 Å². The molecule has 1 unspecified atom stereocenters. The van der Waals surface area contributed by atoms with Gasteiger partial charge in [0.05, 0.1) is 0 Å². The van der Waals surface area contributed by atoms with Crippen LogP contribution in [0.25, 0.3) is 0 Å². The number of hydrogen-bond donors (Lipinski definition) is 1. The third-order valence-corrected chi connectivity index (χ3v) is 3.34. The Morgan fingerprint density at radius 2 is 2.07 bits per heavy atom. The van der Waals surface area contributed by atoms with Crippen LogP contribution in [0.4, 0.5) is 0 Å². The quantitative estimate of drug-likeness (QED) is 0.735. The van der Waals surface area contributed by atoms with Gasteiger partial charge in [0.15, 0.2) is 0 Å². The zero-order valence-corrected chi connectivity index (χ0v) is 10.3. The van der Waals surface area contributed by atoms with Crippen LogP contribution >= 0.6 is 0 Å². The van der Waals surface area contributed by atoms with Crippen molar-refractivity contribution in [3.8, 4) is 0 Å². The molecule has 0 aliphatic heterocycles. The first-order valence-electron chi connectivity index (χ1n) is 5.81. The molecule has 3 heteroatoms. The number of aliphatic carboxylic acids is 1. The monoisotopic (exact) mass is 213 g/mol. The van der Waals surface area contributed by atoms with E-state index in [1.54, 1.807) is 0 Å². The molecule has 1 aliphatic carbocycles. The third-order valence-electron chi connectivity index (χ3n) is 3.34. The molecule has 0 radical (unpaired) electrons. The predicted molar refractivity (Wildman–Crippen MR) is 60.8 cm³/mol. The van der Waals surface area contributed by atoms with Crippen molar-refractivity contribution in [3.05, 3.63) is 0 Å². The van der Waals surface area contributed by atoms with Crippen LogP contribution in [0.2, 0.25) is 0 Å². The molecule has 3 nitrogen and oxygen atoms in total. The molecule has 1 saturated carbocycles. The first kappa shape index (κ1) is 12.5. The first-order chi connectivity index (χ1) is 6.86. The van der Waals surface area contributed by atoms with E-state index in [0.717, 1.165) is 12.5 Å². The van der Waals surface area contributed by atoms with Crippen molar-refractivity contribution in [3.63, 3.8) is 0 Å². The average molecular weight is 213 g/mol. The van der Waals surface area contributed by atoms with Gasteiger partial charge in [0, 0.05) is 6.54 Å². The summed E-state index contributed by atoms with van der Waals surface area (Å²) in [6.07, 6.45) is 3.25. The fourth-order valence-electron chi connectivity index (χ4n) is 2.09. The summed E-state index contributed by atoms with van der Waals surface area (Å²) < 4.78 is 0. The Morgan fingerprint density at radius 3 is 2.40 bits per heavy atom. The average Bonchev–Trinajstić information content (AvgIpc) is 2.86. The van der Waals surface area contributed by atoms with Crippen molar-refractivity contribution in [2.75, 3.05) is 13.6 Å². The summed E-state index contributed by atoms with van der Waals surface area (Å²) in [5.41, 5.74) is -0.698. The molecular weight excluding hydrogens is 190 g/mol. The Morgan fingerprint density at radius 1 is 1.53 bits per heavy atom. The van der Waals surface area contributed by atoms with E-state index < -0.39 is 11.5 Å². The molecule has 0 saturated heterocycles. The van der Waals surface area contributed by atoms with Crippen LogP contribution in [0.3, 0.4) is 0 Å². The lowest BCUT2D eigenvalue weighted by Crippen LogP contribution is -2.52. The van der Waals surface area contributed by atoms with E-state index in [9.17, 15) is 9.90 Å². The minimum absolute atomic E-state index is 0.410. The Balaban J connectivity index is 2.64. The standard InChI is InChI=1S/C12H23NO2/c1-9(2)7-12(3,11(14)15)13(4)8-10-5-6-10/h9-10H,5-8H2,1-4H3,(H,14,15). The zero-order chi connectivity index (χ0) is 11.6. The van der Waals surface area contributed by atoms with E-state index in [2.05, 4.69) is 13.8 Å². The van der Waals surface area contributed by atoms with Crippen LogP contribution in [0, 0.1) is 11.8 Å². The maximum Gasteiger partial charge on any atom is 0.323 e. The summed E-state index contributed by atoms with van der Waals surface area (Å²) in [7, 11) is 1.94. The lowest BCUT2D eigenvalue weighted by Gasteiger charge is -2.36. The lowest BCUT2D eigenvalue weighted by atomic mass is 9.89. The minimum atomic E-state index is -0.698. The van der Waals surface area contributed by atoms with Gasteiger partial charge in [-0.15, -0.1) is 0 Å². The Labute approximate surface area is 92.5 Å². The van der Waals surface area contributed by atoms with E-state index in [0.29, 0.717) is 12.3 Å². The summed E-state index contributed by atoms with van der Waals surface area (Å²) in [5.74, 6) is 0.452. The van der Waals surface area contributed by atoms with Crippen molar-refractivity contribution >= 4 is 5.97 Å². The zero-order valence-electron chi connectivity index (χ0n) is 10.3. The topological polar surface area (TPSA) is 40.5 Å². The van der Waals surface area contributed by atoms with Crippen LogP contribution < -0.4 is 0 Å². The summed E-state index contributed by atoms with van der Waals surface area (Å²) in [4.78, 5) is 13.4. The van der Waals surface area contributed by atoms with Crippen LogP contribution in [0.5, 0.6) is 0 Å². The second kappa shape index (κ2) is 4.52. The predicted octanol–water partition coefficient (Wildman–Crippen LogP) is 2.22. The highest BCUT2D eigenvalue weighted by Crippen LogP contribution is 2.33. The van der Waals surface area contributed by atoms with Gasteiger partial charge >= 0.3 is 5.97 Å². The summed E-state index contributed by atoms with van der Waals surface area (Å²) in [6.45, 7) is 6.92. The smallest absolute Gasteiger partial charge is 0.323 e. The van der Waals surface area contributed by atoms with Gasteiger partial charge in [0.1, 0.15) is 5.54 Å². The molecule has 0 aromatic heterocycles. The number of carbonyl (C=O) groups is 1. The SMILES string of the molecule is CC(C)CC(C)(C(=O)O)N(C)CC1CC1. The molecule has 0 amide bonds. The highest BCUT2D eigenvalue weighted by Gasteiger charge is 2.40. The second-order valence-electron chi connectivity index (χ2n) is 5.50. The van der Waals surface area contributed by atoms with Gasteiger partial charge in [-0.25, -0.2) is 0 Å². The fourth-order valence-corrected chi connectivity index (χ4v) is 2.09. The van der Waals surface area contributed by atoms with Crippen molar-refractivity contribution in [1.82, 2.24) is 4.90 Å². The maximum absolute atomic E-state index is 11.4. The van der Waals surface area contributed by atoms with Crippen LogP contribution in [-0.4, -0.2) is 35.1 Å². The van der Waals surface area contributed by atoms with Crippen molar-refractivity contribution in [2.24, 2.45) is 11.8 Å². The molecule has 88 valence electrons. The summed E-state index contributed by atoms with van der Waals surface area (Å²) in [6, 6.07) is 0. The van der Waals surface area contributed by atoms with Gasteiger partial charge < -0.3 is 5.11 Å². The molecule has 0 heterocycles. The van der Waals surface area contributed by atoms with E-state index in [-0.39, 0.29) is 0 Å². The van der Waals surface area contributed by atoms with Crippen LogP contribution in [0.15, 0.2) is 0 Å². The number of nitrogens with zero attached hydrogens (tertiary/aromatic N) is 1. The molecule has 1 fully saturated rings. The van der Waals surface area contributed by atoms with Gasteiger partial charge in [-0.1, -0.05) is 13.8 Å². The number of hydrogen-bond acceptors (Lipinski definition) is 2. The number of likely N-dealkylation sites (N-methyl/N-ethyl adjacent to an activating group) is 1. The van der Waals surface area contributed by atoms with E-state index >= 15 is 0 Å². The van der Waals surface area contributed by atoms with Crippen molar-refractivity contribution in [2.45, 2.75) is 45.6 Å². The maximum atomic E-state index is 11.4. The molecule has 0 bridgehead atoms. The van der Waals surface area contributed by atoms with E-state index in [1.165, 1.54) is 12.8 Å². The molecule has 1 rings (SSSR count). The third kappa shape index (κ3) is 3.20. The summed E-state index contributed by atoms with van der Waals surface area (Å²) >= 11 is 0. The summed E-state index contributed by atoms with van der Waals surface area (Å²) in [5, 5.41) is 9.34. The van der Waals surface area contributed by atoms with Gasteiger partial charge in [0.2, 0.25) is 0 Å². The first-order valence-corrected chi connectivity index (χ1v) is 5.81. The molecule has 1 atom stereocenters. The minimum Gasteiger partial charge on any atom is -0.480 e.